The van der Waals surface area contributed by atoms with Gasteiger partial charge in [0.05, 0.1) is 12.4 Å². The number of carbonyl (C=O) groups is 1. The third-order valence-electron chi connectivity index (χ3n) is 3.33. The molecule has 0 spiro atoms. The summed E-state index contributed by atoms with van der Waals surface area (Å²) >= 11 is 1.71. The highest BCUT2D eigenvalue weighted by Crippen LogP contribution is 2.19. The van der Waals surface area contributed by atoms with E-state index in [1.165, 1.54) is 4.90 Å². The zero-order valence-electron chi connectivity index (χ0n) is 11.9. The largest absolute Gasteiger partial charge is 0.348 e. The van der Waals surface area contributed by atoms with E-state index in [1.807, 2.05) is 20.1 Å². The molecule has 1 aromatic carbocycles. The maximum atomic E-state index is 12.2. The molecular formula is C15H19N3OS. The van der Waals surface area contributed by atoms with Crippen LogP contribution in [0.3, 0.4) is 0 Å². The van der Waals surface area contributed by atoms with Crippen molar-refractivity contribution in [2.45, 2.75) is 30.8 Å². The standard InChI is InChI=1S/C15H19N3OS/c1-11(13-4-6-14(20-3)7-5-13)17-15(19)12(2)18-9-8-16-10-18/h4-12H,1-3H3,(H,17,19)/t11-,12-/m0/s1. The maximum absolute atomic E-state index is 12.2. The first-order valence-electron chi connectivity index (χ1n) is 6.53. The summed E-state index contributed by atoms with van der Waals surface area (Å²) in [4.78, 5) is 17.4. The fourth-order valence-electron chi connectivity index (χ4n) is 1.94. The Kier molecular flexibility index (Phi) is 4.84. The Morgan fingerprint density at radius 1 is 1.30 bits per heavy atom. The van der Waals surface area contributed by atoms with Gasteiger partial charge in [0.2, 0.25) is 5.91 Å². The number of imidazole rings is 1. The third-order valence-corrected chi connectivity index (χ3v) is 4.07. The van der Waals surface area contributed by atoms with Crippen LogP contribution in [0, 0.1) is 0 Å². The van der Waals surface area contributed by atoms with Crippen molar-refractivity contribution in [2.75, 3.05) is 6.26 Å². The van der Waals surface area contributed by atoms with E-state index in [4.69, 9.17) is 0 Å². The average Bonchev–Trinajstić information content (AvgIpc) is 3.00. The van der Waals surface area contributed by atoms with Crippen LogP contribution in [0.5, 0.6) is 0 Å². The molecule has 1 heterocycles. The molecule has 1 N–H and O–H groups in total. The molecular weight excluding hydrogens is 270 g/mol. The van der Waals surface area contributed by atoms with E-state index < -0.39 is 0 Å². The minimum Gasteiger partial charge on any atom is -0.348 e. The topological polar surface area (TPSA) is 46.9 Å². The average molecular weight is 289 g/mol. The van der Waals surface area contributed by atoms with E-state index in [0.717, 1.165) is 5.56 Å². The molecule has 2 aromatic rings. The third kappa shape index (κ3) is 3.42. The lowest BCUT2D eigenvalue weighted by molar-refractivity contribution is -0.124. The molecule has 0 aliphatic heterocycles. The Hall–Kier alpha value is -1.75. The zero-order valence-corrected chi connectivity index (χ0v) is 12.7. The first-order chi connectivity index (χ1) is 9.61. The Bertz CT molecular complexity index is 551. The lowest BCUT2D eigenvalue weighted by Gasteiger charge is -2.18. The van der Waals surface area contributed by atoms with E-state index in [-0.39, 0.29) is 18.0 Å². The number of rotatable bonds is 5. The number of thioether (sulfide) groups is 1. The smallest absolute Gasteiger partial charge is 0.243 e. The minimum absolute atomic E-state index is 0.00977. The van der Waals surface area contributed by atoms with E-state index in [1.54, 1.807) is 35.0 Å². The first kappa shape index (κ1) is 14.7. The normalized spacial score (nSPS) is 13.8. The highest BCUT2D eigenvalue weighted by atomic mass is 32.2. The molecule has 0 saturated carbocycles. The fraction of sp³-hybridized carbons (Fsp3) is 0.333. The molecule has 1 amide bonds. The van der Waals surface area contributed by atoms with Crippen molar-refractivity contribution in [1.82, 2.24) is 14.9 Å². The van der Waals surface area contributed by atoms with Gasteiger partial charge in [-0.05, 0) is 37.8 Å². The van der Waals surface area contributed by atoms with Crippen molar-refractivity contribution in [3.63, 3.8) is 0 Å². The fourth-order valence-corrected chi connectivity index (χ4v) is 2.35. The molecule has 0 bridgehead atoms. The van der Waals surface area contributed by atoms with Gasteiger partial charge in [-0.1, -0.05) is 12.1 Å². The van der Waals surface area contributed by atoms with Gasteiger partial charge in [-0.3, -0.25) is 4.79 Å². The van der Waals surface area contributed by atoms with Gasteiger partial charge in [0, 0.05) is 17.3 Å². The quantitative estimate of drug-likeness (QED) is 0.861. The minimum atomic E-state index is -0.259. The molecule has 20 heavy (non-hydrogen) atoms. The Morgan fingerprint density at radius 3 is 2.55 bits per heavy atom. The summed E-state index contributed by atoms with van der Waals surface area (Å²) in [5, 5.41) is 3.03. The van der Waals surface area contributed by atoms with E-state index in [9.17, 15) is 4.79 Å². The second-order valence-corrected chi connectivity index (χ2v) is 5.57. The summed E-state index contributed by atoms with van der Waals surface area (Å²) in [5.74, 6) is -0.00977. The molecule has 0 aliphatic rings. The molecule has 106 valence electrons. The van der Waals surface area contributed by atoms with Crippen LogP contribution >= 0.6 is 11.8 Å². The number of nitrogens with one attached hydrogen (secondary N) is 1. The van der Waals surface area contributed by atoms with Gasteiger partial charge in [-0.25, -0.2) is 4.98 Å². The first-order valence-corrected chi connectivity index (χ1v) is 7.76. The molecule has 0 aliphatic carbocycles. The summed E-state index contributed by atoms with van der Waals surface area (Å²) in [6, 6.07) is 7.98. The number of nitrogens with zero attached hydrogens (tertiary/aromatic N) is 2. The molecule has 0 saturated heterocycles. The van der Waals surface area contributed by atoms with Gasteiger partial charge < -0.3 is 9.88 Å². The monoisotopic (exact) mass is 289 g/mol. The van der Waals surface area contributed by atoms with E-state index in [0.29, 0.717) is 0 Å². The van der Waals surface area contributed by atoms with Crippen LogP contribution in [0.1, 0.15) is 31.5 Å². The summed E-state index contributed by atoms with van der Waals surface area (Å²) in [5.41, 5.74) is 1.11. The van der Waals surface area contributed by atoms with Gasteiger partial charge >= 0.3 is 0 Å². The maximum Gasteiger partial charge on any atom is 0.243 e. The number of carbonyl (C=O) groups excluding carboxylic acids is 1. The van der Waals surface area contributed by atoms with Gasteiger partial charge in [-0.2, -0.15) is 0 Å². The van der Waals surface area contributed by atoms with Crippen LogP contribution in [0.4, 0.5) is 0 Å². The summed E-state index contributed by atoms with van der Waals surface area (Å²) < 4.78 is 1.79. The SMILES string of the molecule is CSc1ccc([C@H](C)NC(=O)[C@H](C)n2ccnc2)cc1. The van der Waals surface area contributed by atoms with Gasteiger partial charge in [0.15, 0.2) is 0 Å². The Balaban J connectivity index is 1.99. The highest BCUT2D eigenvalue weighted by Gasteiger charge is 2.17. The van der Waals surface area contributed by atoms with Crippen LogP contribution in [-0.4, -0.2) is 21.7 Å². The number of benzene rings is 1. The predicted molar refractivity (Wildman–Crippen MR) is 81.7 cm³/mol. The predicted octanol–water partition coefficient (Wildman–Crippen LogP) is 3.04. The van der Waals surface area contributed by atoms with Gasteiger partial charge in [-0.15, -0.1) is 11.8 Å². The number of amides is 1. The molecule has 0 fully saturated rings. The summed E-state index contributed by atoms with van der Waals surface area (Å²) in [6.45, 7) is 3.85. The van der Waals surface area contributed by atoms with Gasteiger partial charge in [0.25, 0.3) is 0 Å². The lowest BCUT2D eigenvalue weighted by atomic mass is 10.1. The highest BCUT2D eigenvalue weighted by molar-refractivity contribution is 7.98. The van der Waals surface area contributed by atoms with Crippen LogP contribution in [-0.2, 0) is 4.79 Å². The summed E-state index contributed by atoms with van der Waals surface area (Å²) in [6.07, 6.45) is 7.17. The Labute approximate surface area is 123 Å². The van der Waals surface area contributed by atoms with Crippen molar-refractivity contribution in [2.24, 2.45) is 0 Å². The second-order valence-electron chi connectivity index (χ2n) is 4.69. The molecule has 4 nitrogen and oxygen atoms in total. The van der Waals surface area contributed by atoms with Crippen LogP contribution < -0.4 is 5.32 Å². The molecule has 2 rings (SSSR count). The van der Waals surface area contributed by atoms with Crippen LogP contribution in [0.15, 0.2) is 47.9 Å². The molecule has 0 unspecified atom stereocenters. The van der Waals surface area contributed by atoms with Crippen LogP contribution in [0.25, 0.3) is 0 Å². The molecule has 1 aromatic heterocycles. The number of hydrogen-bond acceptors (Lipinski definition) is 3. The lowest BCUT2D eigenvalue weighted by Crippen LogP contribution is -2.32. The van der Waals surface area contributed by atoms with Crippen molar-refractivity contribution in [1.29, 1.82) is 0 Å². The molecule has 5 heteroatoms. The number of aromatic nitrogens is 2. The number of hydrogen-bond donors (Lipinski definition) is 1. The van der Waals surface area contributed by atoms with Crippen molar-refractivity contribution < 1.29 is 4.79 Å². The summed E-state index contributed by atoms with van der Waals surface area (Å²) in [7, 11) is 0. The van der Waals surface area contributed by atoms with Crippen molar-refractivity contribution >= 4 is 17.7 Å². The molecule has 2 atom stereocenters. The second kappa shape index (κ2) is 6.61. The Morgan fingerprint density at radius 2 is 2.00 bits per heavy atom. The van der Waals surface area contributed by atoms with E-state index >= 15 is 0 Å². The zero-order chi connectivity index (χ0) is 14.5. The van der Waals surface area contributed by atoms with E-state index in [2.05, 4.69) is 34.6 Å². The van der Waals surface area contributed by atoms with Crippen molar-refractivity contribution in [3.8, 4) is 0 Å². The van der Waals surface area contributed by atoms with Crippen LogP contribution in [0.2, 0.25) is 0 Å². The molecule has 0 radical (unpaired) electrons. The van der Waals surface area contributed by atoms with Gasteiger partial charge in [0.1, 0.15) is 6.04 Å². The van der Waals surface area contributed by atoms with Crippen molar-refractivity contribution in [3.05, 3.63) is 48.5 Å².